The van der Waals surface area contributed by atoms with Gasteiger partial charge in [-0.3, -0.25) is 19.4 Å². The lowest BCUT2D eigenvalue weighted by Crippen LogP contribution is -2.49. The first-order valence-corrected chi connectivity index (χ1v) is 24.7. The Balaban J connectivity index is 0.000000416. The zero-order valence-corrected chi connectivity index (χ0v) is 44.8. The fourth-order valence-electron chi connectivity index (χ4n) is 6.32. The molecule has 2 fully saturated rings. The van der Waals surface area contributed by atoms with Crippen molar-refractivity contribution >= 4 is 34.2 Å². The molecule has 0 unspecified atom stereocenters. The number of hydrogen-bond donors (Lipinski definition) is 0. The van der Waals surface area contributed by atoms with Crippen molar-refractivity contribution in [3.63, 3.8) is 0 Å². The fraction of sp³-hybridized carbons (Fsp3) is 0.608. The lowest BCUT2D eigenvalue weighted by atomic mass is 9.93. The molecule has 15 nitrogen and oxygen atoms in total. The van der Waals surface area contributed by atoms with E-state index in [1.807, 2.05) is 26.8 Å². The molecule has 0 saturated carbocycles. The Morgan fingerprint density at radius 1 is 0.625 bits per heavy atom. The van der Waals surface area contributed by atoms with E-state index in [9.17, 15) is 49.5 Å². The number of piperazine rings is 2. The average Bonchev–Trinajstić information content (AvgIpc) is 3.26. The minimum Gasteiger partial charge on any atom is -0.465 e. The van der Waals surface area contributed by atoms with Crippen LogP contribution in [0.3, 0.4) is 0 Å². The second-order valence-electron chi connectivity index (χ2n) is 20.0. The van der Waals surface area contributed by atoms with E-state index >= 15 is 0 Å². The summed E-state index contributed by atoms with van der Waals surface area (Å²) in [6.07, 6.45) is 4.29. The Morgan fingerprint density at radius 3 is 1.40 bits per heavy atom. The Morgan fingerprint density at radius 2 is 1.01 bits per heavy atom. The van der Waals surface area contributed by atoms with Gasteiger partial charge in [0, 0.05) is 71.0 Å². The number of terminal acetylenes is 1. The van der Waals surface area contributed by atoms with Crippen LogP contribution in [0.25, 0.3) is 0 Å². The lowest BCUT2D eigenvalue weighted by molar-refractivity contribution is -0.151. The number of nitrogens with zero attached hydrogens (tertiary/aromatic N) is 4. The zero-order valence-electron chi connectivity index (χ0n) is 43.9. The molecule has 0 spiro atoms. The molecule has 0 radical (unpaired) electrons. The predicted octanol–water partition coefficient (Wildman–Crippen LogP) is 8.75. The molecular weight excluding hydrogens is 972 g/mol. The number of rotatable bonds is 10. The minimum absolute atomic E-state index is 0.0448. The van der Waals surface area contributed by atoms with Gasteiger partial charge in [0.2, 0.25) is 0 Å². The normalized spacial score (nSPS) is 15.0. The first-order valence-electron chi connectivity index (χ1n) is 23.3. The number of carbonyl (C=O) groups excluding carboxylic acids is 4. The summed E-state index contributed by atoms with van der Waals surface area (Å²) in [5.41, 5.74) is -7.22. The van der Waals surface area contributed by atoms with Gasteiger partial charge in [-0.25, -0.2) is 18.4 Å². The standard InChI is InChI=1S/C25H35FN2O4.C18H24F4N2O5S.C8H12O2/c1-8-31-22(29)25(6,7)12-11-20-19(10-9-18(2)21(20)26)17-27-13-15-28(16-14-27)23(30)32-24(3,4)5;1-12-5-6-13(15(14(12)19)29-30(26,27)18(20,21)22)11-23-7-9-24(10-8-23)16(25)28-17(2,3)4;1-5-8(3,4)7(9)10-6-2/h9-10H,8,13-17H2,1-7H3;5-6H,7-11H2,1-4H3;1H,6H2,2-4H3. The first-order chi connectivity index (χ1) is 33.0. The number of carbonyl (C=O) groups is 4. The molecule has 2 aromatic carbocycles. The van der Waals surface area contributed by atoms with Crippen molar-refractivity contribution in [1.82, 2.24) is 19.6 Å². The van der Waals surface area contributed by atoms with Gasteiger partial charge in [-0.15, -0.1) is 6.42 Å². The van der Waals surface area contributed by atoms with Gasteiger partial charge in [-0.1, -0.05) is 42.0 Å². The van der Waals surface area contributed by atoms with Crippen LogP contribution >= 0.6 is 0 Å². The number of alkyl halides is 3. The van der Waals surface area contributed by atoms with Gasteiger partial charge in [0.25, 0.3) is 0 Å². The number of ether oxygens (including phenoxy) is 4. The van der Waals surface area contributed by atoms with Crippen LogP contribution in [0.4, 0.5) is 31.5 Å². The van der Waals surface area contributed by atoms with Crippen LogP contribution in [0.2, 0.25) is 0 Å². The number of amides is 2. The molecule has 2 aliphatic heterocycles. The molecular formula is C51H71F5N4O11S. The van der Waals surface area contributed by atoms with Crippen molar-refractivity contribution in [3.05, 3.63) is 63.7 Å². The molecule has 0 N–H and O–H groups in total. The highest BCUT2D eigenvalue weighted by Crippen LogP contribution is 2.33. The molecule has 21 heteroatoms. The van der Waals surface area contributed by atoms with Gasteiger partial charge in [-0.05, 0) is 114 Å². The summed E-state index contributed by atoms with van der Waals surface area (Å²) in [5, 5.41) is 0. The zero-order chi connectivity index (χ0) is 55.2. The van der Waals surface area contributed by atoms with Gasteiger partial charge in [-0.2, -0.15) is 21.6 Å². The maximum Gasteiger partial charge on any atom is 0.534 e. The number of aryl methyl sites for hydroxylation is 2. The maximum absolute atomic E-state index is 15.0. The summed E-state index contributed by atoms with van der Waals surface area (Å²) in [7, 11) is -6.02. The highest BCUT2D eigenvalue weighted by Gasteiger charge is 2.49. The van der Waals surface area contributed by atoms with Crippen LogP contribution < -0.4 is 4.18 Å². The van der Waals surface area contributed by atoms with E-state index in [1.165, 1.54) is 24.0 Å². The largest absolute Gasteiger partial charge is 0.534 e. The number of esters is 2. The SMILES string of the molecule is C#CC(C)(C)C(=O)OCC.CCOC(=O)C(C)(C)C#Cc1c(CN2CCN(C(=O)OC(C)(C)C)CC2)ccc(C)c1F.Cc1ccc(CN2CCN(C(=O)OC(C)(C)C)CC2)c(OS(=O)(=O)C(F)(F)F)c1F. The summed E-state index contributed by atoms with van der Waals surface area (Å²) in [6, 6.07) is 6.26. The van der Waals surface area contributed by atoms with Crippen LogP contribution in [0, 0.1) is 60.5 Å². The highest BCUT2D eigenvalue weighted by atomic mass is 32.2. The Hall–Kier alpha value is -5.64. The van der Waals surface area contributed by atoms with E-state index in [1.54, 1.807) is 85.1 Å². The van der Waals surface area contributed by atoms with Crippen LogP contribution in [-0.2, 0) is 51.7 Å². The first kappa shape index (κ1) is 62.5. The molecule has 0 aromatic heterocycles. The second-order valence-corrected chi connectivity index (χ2v) is 21.5. The third-order valence-corrected chi connectivity index (χ3v) is 11.5. The van der Waals surface area contributed by atoms with Crippen molar-refractivity contribution in [1.29, 1.82) is 0 Å². The molecule has 0 bridgehead atoms. The van der Waals surface area contributed by atoms with Gasteiger partial charge in [0.05, 0.1) is 18.8 Å². The molecule has 2 aromatic rings. The fourth-order valence-corrected chi connectivity index (χ4v) is 6.81. The Bertz CT molecular complexity index is 2430. The molecule has 2 aliphatic rings. The van der Waals surface area contributed by atoms with Gasteiger partial charge in [0.15, 0.2) is 11.6 Å². The van der Waals surface area contributed by atoms with E-state index in [2.05, 4.69) is 26.8 Å². The van der Waals surface area contributed by atoms with Crippen molar-refractivity contribution in [2.24, 2.45) is 10.8 Å². The van der Waals surface area contributed by atoms with Crippen LogP contribution in [0.1, 0.15) is 111 Å². The quantitative estimate of drug-likeness (QED) is 0.0555. The van der Waals surface area contributed by atoms with E-state index in [0.29, 0.717) is 76.6 Å². The van der Waals surface area contributed by atoms with Crippen LogP contribution in [0.5, 0.6) is 5.75 Å². The monoisotopic (exact) mass is 1040 g/mol. The molecule has 402 valence electrons. The Kier molecular flexibility index (Phi) is 22.4. The van der Waals surface area contributed by atoms with E-state index in [-0.39, 0.29) is 42.2 Å². The number of halogens is 5. The van der Waals surface area contributed by atoms with Gasteiger partial charge >= 0.3 is 39.8 Å². The van der Waals surface area contributed by atoms with Gasteiger partial charge in [0.1, 0.15) is 27.8 Å². The Labute approximate surface area is 422 Å². The summed E-state index contributed by atoms with van der Waals surface area (Å²) in [5.74, 6) is 4.87. The lowest BCUT2D eigenvalue weighted by Gasteiger charge is -2.35. The number of hydrogen-bond acceptors (Lipinski definition) is 13. The topological polar surface area (TPSA) is 162 Å². The van der Waals surface area contributed by atoms with Crippen molar-refractivity contribution in [2.75, 3.05) is 65.6 Å². The summed E-state index contributed by atoms with van der Waals surface area (Å²) in [6.45, 7) is 28.6. The smallest absolute Gasteiger partial charge is 0.465 e. The second kappa shape index (κ2) is 25.8. The summed E-state index contributed by atoms with van der Waals surface area (Å²) in [4.78, 5) is 54.5. The predicted molar refractivity (Wildman–Crippen MR) is 261 cm³/mol. The van der Waals surface area contributed by atoms with E-state index < -0.39 is 61.3 Å². The van der Waals surface area contributed by atoms with Gasteiger partial charge < -0.3 is 32.9 Å². The van der Waals surface area contributed by atoms with Crippen molar-refractivity contribution < 1.29 is 72.7 Å². The van der Waals surface area contributed by atoms with E-state index in [0.717, 1.165) is 5.56 Å². The third-order valence-electron chi connectivity index (χ3n) is 10.5. The van der Waals surface area contributed by atoms with E-state index in [4.69, 9.17) is 25.4 Å². The molecule has 2 saturated heterocycles. The summed E-state index contributed by atoms with van der Waals surface area (Å²) >= 11 is 0. The molecule has 72 heavy (non-hydrogen) atoms. The molecule has 2 heterocycles. The van der Waals surface area contributed by atoms with Crippen molar-refractivity contribution in [2.45, 2.75) is 127 Å². The average molecular weight is 1040 g/mol. The molecule has 0 atom stereocenters. The minimum atomic E-state index is -6.02. The highest BCUT2D eigenvalue weighted by molar-refractivity contribution is 7.88. The maximum atomic E-state index is 15.0. The van der Waals surface area contributed by atoms with Crippen molar-refractivity contribution in [3.8, 4) is 29.9 Å². The molecule has 0 aliphatic carbocycles. The van der Waals surface area contributed by atoms with Crippen LogP contribution in [0.15, 0.2) is 24.3 Å². The van der Waals surface area contributed by atoms with Crippen LogP contribution in [-0.4, -0.2) is 134 Å². The third kappa shape index (κ3) is 19.4. The molecule has 4 rings (SSSR count). The number of benzene rings is 2. The molecule has 2 amide bonds. The summed E-state index contributed by atoms with van der Waals surface area (Å²) < 4.78 is 115.